The molecule has 1 atom stereocenters. The number of benzene rings is 2. The summed E-state index contributed by atoms with van der Waals surface area (Å²) >= 11 is 0. The molecule has 0 aliphatic carbocycles. The second kappa shape index (κ2) is 10.4. The van der Waals surface area contributed by atoms with E-state index in [2.05, 4.69) is 0 Å². The molecule has 0 saturated carbocycles. The highest BCUT2D eigenvalue weighted by Crippen LogP contribution is 2.43. The molecule has 8 nitrogen and oxygen atoms in total. The maximum Gasteiger partial charge on any atom is 0.295 e. The number of carbonyl (C=O) groups is 2. The Labute approximate surface area is 193 Å². The van der Waals surface area contributed by atoms with Crippen LogP contribution in [0.5, 0.6) is 17.2 Å². The normalized spacial score (nSPS) is 17.4. The average molecular weight is 456 g/mol. The zero-order valence-corrected chi connectivity index (χ0v) is 19.5. The van der Waals surface area contributed by atoms with Crippen LogP contribution in [0.25, 0.3) is 5.76 Å². The molecule has 0 bridgehead atoms. The Morgan fingerprint density at radius 3 is 2.33 bits per heavy atom. The van der Waals surface area contributed by atoms with Gasteiger partial charge in [-0.05, 0) is 43.7 Å². The van der Waals surface area contributed by atoms with Crippen LogP contribution in [0.3, 0.4) is 0 Å². The number of rotatable bonds is 9. The van der Waals surface area contributed by atoms with Crippen molar-refractivity contribution in [3.8, 4) is 17.2 Å². The van der Waals surface area contributed by atoms with Crippen LogP contribution in [0.15, 0.2) is 42.0 Å². The smallest absolute Gasteiger partial charge is 0.295 e. The minimum atomic E-state index is -0.838. The van der Waals surface area contributed by atoms with Gasteiger partial charge >= 0.3 is 0 Å². The summed E-state index contributed by atoms with van der Waals surface area (Å²) < 4.78 is 21.6. The van der Waals surface area contributed by atoms with Gasteiger partial charge < -0.3 is 29.0 Å². The molecular weight excluding hydrogens is 426 g/mol. The Bertz CT molecular complexity index is 1080. The van der Waals surface area contributed by atoms with E-state index in [1.807, 2.05) is 19.9 Å². The summed E-state index contributed by atoms with van der Waals surface area (Å²) in [6, 6.07) is 9.61. The topological polar surface area (TPSA) is 94.5 Å². The standard InChI is InChI=1S/C25H29NO7/c1-6-33-20-14-16(8-10-19(20)32-5)22-21(24(28)25(29)26(22)11-12-30-3)23(27)17-13-15(2)7-9-18(17)31-4/h7-10,13-14,22,27H,6,11-12H2,1-5H3/b23-21+. The summed E-state index contributed by atoms with van der Waals surface area (Å²) in [5, 5.41) is 11.3. The van der Waals surface area contributed by atoms with Crippen LogP contribution in [0.4, 0.5) is 0 Å². The highest BCUT2D eigenvalue weighted by molar-refractivity contribution is 6.46. The van der Waals surface area contributed by atoms with Crippen LogP contribution in [-0.2, 0) is 14.3 Å². The molecule has 0 radical (unpaired) electrons. The molecule has 1 saturated heterocycles. The second-order valence-electron chi connectivity index (χ2n) is 7.53. The molecule has 1 aliphatic rings. The van der Waals surface area contributed by atoms with Crippen molar-refractivity contribution in [1.29, 1.82) is 0 Å². The lowest BCUT2D eigenvalue weighted by Crippen LogP contribution is -2.32. The summed E-state index contributed by atoms with van der Waals surface area (Å²) in [6.07, 6.45) is 0. The lowest BCUT2D eigenvalue weighted by molar-refractivity contribution is -0.140. The van der Waals surface area contributed by atoms with Crippen LogP contribution in [0.2, 0.25) is 0 Å². The van der Waals surface area contributed by atoms with Gasteiger partial charge in [0.05, 0.1) is 44.6 Å². The van der Waals surface area contributed by atoms with Gasteiger partial charge in [-0.25, -0.2) is 0 Å². The Kier molecular flexibility index (Phi) is 7.60. The number of carbonyl (C=O) groups excluding carboxylic acids is 2. The maximum absolute atomic E-state index is 13.1. The first-order valence-electron chi connectivity index (χ1n) is 10.6. The molecule has 1 fully saturated rings. The summed E-state index contributed by atoms with van der Waals surface area (Å²) in [7, 11) is 4.53. The number of aliphatic hydroxyl groups is 1. The fourth-order valence-electron chi connectivity index (χ4n) is 3.93. The summed E-state index contributed by atoms with van der Waals surface area (Å²) in [5.41, 5.74) is 1.78. The number of hydrogen-bond donors (Lipinski definition) is 1. The van der Waals surface area contributed by atoms with Gasteiger partial charge in [0.1, 0.15) is 11.5 Å². The second-order valence-corrected chi connectivity index (χ2v) is 7.53. The van der Waals surface area contributed by atoms with E-state index in [1.165, 1.54) is 26.2 Å². The minimum absolute atomic E-state index is 0.0207. The summed E-state index contributed by atoms with van der Waals surface area (Å²) in [5.74, 6) is -0.389. The molecule has 1 heterocycles. The Morgan fingerprint density at radius 1 is 1.00 bits per heavy atom. The van der Waals surface area contributed by atoms with Crippen molar-refractivity contribution in [2.75, 3.05) is 41.1 Å². The van der Waals surface area contributed by atoms with E-state index >= 15 is 0 Å². The number of amides is 1. The molecule has 0 aromatic heterocycles. The van der Waals surface area contributed by atoms with Crippen molar-refractivity contribution in [3.05, 3.63) is 58.7 Å². The third kappa shape index (κ3) is 4.66. The SMILES string of the molecule is CCOc1cc(C2/C(=C(\O)c3cc(C)ccc3OC)C(=O)C(=O)N2CCOC)ccc1OC. The van der Waals surface area contributed by atoms with E-state index in [9.17, 15) is 14.7 Å². The molecule has 3 rings (SSSR count). The van der Waals surface area contributed by atoms with Crippen LogP contribution in [0.1, 0.15) is 29.7 Å². The van der Waals surface area contributed by atoms with Gasteiger partial charge in [-0.2, -0.15) is 0 Å². The average Bonchev–Trinajstić information content (AvgIpc) is 3.07. The fourth-order valence-corrected chi connectivity index (χ4v) is 3.93. The van der Waals surface area contributed by atoms with Crippen molar-refractivity contribution in [1.82, 2.24) is 4.90 Å². The zero-order chi connectivity index (χ0) is 24.1. The van der Waals surface area contributed by atoms with Gasteiger partial charge in [0.25, 0.3) is 11.7 Å². The van der Waals surface area contributed by atoms with Gasteiger partial charge in [-0.3, -0.25) is 9.59 Å². The van der Waals surface area contributed by atoms with E-state index < -0.39 is 17.7 Å². The number of ether oxygens (including phenoxy) is 4. The highest BCUT2D eigenvalue weighted by Gasteiger charge is 2.46. The first-order chi connectivity index (χ1) is 15.9. The lowest BCUT2D eigenvalue weighted by atomic mass is 9.94. The minimum Gasteiger partial charge on any atom is -0.507 e. The number of nitrogens with zero attached hydrogens (tertiary/aromatic N) is 1. The molecule has 1 N–H and O–H groups in total. The summed E-state index contributed by atoms with van der Waals surface area (Å²) in [6.45, 7) is 4.52. The molecule has 0 spiro atoms. The Hall–Kier alpha value is -3.52. The third-order valence-corrected chi connectivity index (χ3v) is 5.49. The number of hydrogen-bond acceptors (Lipinski definition) is 7. The molecule has 1 unspecified atom stereocenters. The van der Waals surface area contributed by atoms with E-state index in [-0.39, 0.29) is 24.5 Å². The number of aliphatic hydroxyl groups excluding tert-OH is 1. The Morgan fingerprint density at radius 2 is 1.70 bits per heavy atom. The predicted octanol–water partition coefficient (Wildman–Crippen LogP) is 3.48. The fraction of sp³-hybridized carbons (Fsp3) is 0.360. The van der Waals surface area contributed by atoms with Crippen molar-refractivity contribution in [3.63, 3.8) is 0 Å². The predicted molar refractivity (Wildman–Crippen MR) is 123 cm³/mol. The largest absolute Gasteiger partial charge is 0.507 e. The molecule has 1 amide bonds. The number of ketones is 1. The number of methoxy groups -OCH3 is 3. The molecule has 2 aromatic rings. The van der Waals surface area contributed by atoms with Gasteiger partial charge in [-0.1, -0.05) is 17.7 Å². The molecule has 33 heavy (non-hydrogen) atoms. The molecule has 8 heteroatoms. The third-order valence-electron chi connectivity index (χ3n) is 5.49. The van der Waals surface area contributed by atoms with Crippen LogP contribution in [0, 0.1) is 6.92 Å². The quantitative estimate of drug-likeness (QED) is 0.351. The van der Waals surface area contributed by atoms with Gasteiger partial charge in [0, 0.05) is 13.7 Å². The zero-order valence-electron chi connectivity index (χ0n) is 19.5. The van der Waals surface area contributed by atoms with E-state index in [4.69, 9.17) is 18.9 Å². The Balaban J connectivity index is 2.25. The van der Waals surface area contributed by atoms with Gasteiger partial charge in [0.2, 0.25) is 0 Å². The van der Waals surface area contributed by atoms with Crippen molar-refractivity contribution in [2.45, 2.75) is 19.9 Å². The van der Waals surface area contributed by atoms with E-state index in [0.717, 1.165) is 5.56 Å². The maximum atomic E-state index is 13.1. The van der Waals surface area contributed by atoms with E-state index in [0.29, 0.717) is 35.0 Å². The van der Waals surface area contributed by atoms with Crippen molar-refractivity contribution >= 4 is 17.4 Å². The van der Waals surface area contributed by atoms with Crippen molar-refractivity contribution < 1.29 is 33.6 Å². The first kappa shape index (κ1) is 24.1. The van der Waals surface area contributed by atoms with Gasteiger partial charge in [-0.15, -0.1) is 0 Å². The first-order valence-corrected chi connectivity index (χ1v) is 10.6. The number of Topliss-reactive ketones (excluding diaryl/α,β-unsaturated/α-hetero) is 1. The summed E-state index contributed by atoms with van der Waals surface area (Å²) in [4.78, 5) is 27.5. The molecule has 176 valence electrons. The van der Waals surface area contributed by atoms with E-state index in [1.54, 1.807) is 30.3 Å². The monoisotopic (exact) mass is 455 g/mol. The number of likely N-dealkylation sites (tertiary alicyclic amines) is 1. The lowest BCUT2D eigenvalue weighted by Gasteiger charge is -2.26. The van der Waals surface area contributed by atoms with Crippen LogP contribution >= 0.6 is 0 Å². The van der Waals surface area contributed by atoms with Gasteiger partial charge in [0.15, 0.2) is 11.5 Å². The van der Waals surface area contributed by atoms with Crippen LogP contribution in [-0.4, -0.2) is 62.8 Å². The van der Waals surface area contributed by atoms with Crippen molar-refractivity contribution in [2.24, 2.45) is 0 Å². The molecular formula is C25H29NO7. The van der Waals surface area contributed by atoms with Crippen LogP contribution < -0.4 is 14.2 Å². The molecule has 1 aliphatic heterocycles. The molecule has 2 aromatic carbocycles. The number of aryl methyl sites for hydroxylation is 1. The highest BCUT2D eigenvalue weighted by atomic mass is 16.5.